The highest BCUT2D eigenvalue weighted by molar-refractivity contribution is 5.51. The van der Waals surface area contributed by atoms with E-state index in [2.05, 4.69) is 0 Å². The lowest BCUT2D eigenvalue weighted by Gasteiger charge is -2.11. The van der Waals surface area contributed by atoms with Crippen molar-refractivity contribution >= 4 is 0 Å². The van der Waals surface area contributed by atoms with Crippen molar-refractivity contribution in [1.82, 2.24) is 0 Å². The number of rotatable bonds is 1. The van der Waals surface area contributed by atoms with Crippen LogP contribution in [0.25, 0.3) is 0 Å². The highest BCUT2D eigenvalue weighted by Crippen LogP contribution is 2.41. The Balaban J connectivity index is 3.31. The normalized spacial score (nSPS) is 11.7. The van der Waals surface area contributed by atoms with Crippen LogP contribution in [0, 0.1) is 0 Å². The molecule has 0 unspecified atom stereocenters. The molecule has 4 N–H and O–H groups in total. The van der Waals surface area contributed by atoms with E-state index in [0.29, 0.717) is 6.07 Å². The highest BCUT2D eigenvalue weighted by atomic mass is 19.4. The zero-order valence-corrected chi connectivity index (χ0v) is 6.97. The van der Waals surface area contributed by atoms with Gasteiger partial charge in [0, 0.05) is 12.1 Å². The van der Waals surface area contributed by atoms with E-state index in [9.17, 15) is 13.2 Å². The second-order valence-corrected chi connectivity index (χ2v) is 2.67. The van der Waals surface area contributed by atoms with Crippen LogP contribution in [0.4, 0.5) is 13.2 Å². The molecule has 0 bridgehead atoms. The number of benzene rings is 1. The van der Waals surface area contributed by atoms with Crippen molar-refractivity contribution in [2.24, 2.45) is 5.73 Å². The summed E-state index contributed by atoms with van der Waals surface area (Å²) in [4.78, 5) is 0. The van der Waals surface area contributed by atoms with Crippen LogP contribution in [0.15, 0.2) is 12.1 Å². The molecule has 6 heteroatoms. The third-order valence-corrected chi connectivity index (χ3v) is 1.76. The molecule has 0 saturated heterocycles. The van der Waals surface area contributed by atoms with Crippen molar-refractivity contribution in [2.45, 2.75) is 12.7 Å². The van der Waals surface area contributed by atoms with E-state index >= 15 is 0 Å². The first kappa shape index (κ1) is 10.6. The number of hydrogen-bond donors (Lipinski definition) is 3. The van der Waals surface area contributed by atoms with Crippen molar-refractivity contribution in [3.8, 4) is 11.5 Å². The molecule has 0 aliphatic heterocycles. The Kier molecular flexibility index (Phi) is 2.57. The van der Waals surface area contributed by atoms with E-state index in [1.54, 1.807) is 0 Å². The van der Waals surface area contributed by atoms with Crippen LogP contribution in [-0.4, -0.2) is 10.2 Å². The molecule has 0 aliphatic carbocycles. The average Bonchev–Trinajstić information content (AvgIpc) is 2.07. The van der Waals surface area contributed by atoms with Gasteiger partial charge in [-0.2, -0.15) is 13.2 Å². The number of aromatic hydroxyl groups is 2. The second kappa shape index (κ2) is 3.38. The Hall–Kier alpha value is -1.43. The predicted molar refractivity (Wildman–Crippen MR) is 42.7 cm³/mol. The zero-order chi connectivity index (χ0) is 10.9. The van der Waals surface area contributed by atoms with Crippen LogP contribution in [0.3, 0.4) is 0 Å². The van der Waals surface area contributed by atoms with Gasteiger partial charge in [-0.15, -0.1) is 0 Å². The second-order valence-electron chi connectivity index (χ2n) is 2.67. The van der Waals surface area contributed by atoms with Crippen LogP contribution in [0.2, 0.25) is 0 Å². The number of alkyl halides is 3. The van der Waals surface area contributed by atoms with Crippen molar-refractivity contribution < 1.29 is 23.4 Å². The largest absolute Gasteiger partial charge is 0.504 e. The first-order chi connectivity index (χ1) is 6.38. The Labute approximate surface area is 77.6 Å². The summed E-state index contributed by atoms with van der Waals surface area (Å²) in [6, 6.07) is 1.70. The van der Waals surface area contributed by atoms with Gasteiger partial charge in [0.1, 0.15) is 5.56 Å². The molecule has 0 aliphatic rings. The van der Waals surface area contributed by atoms with E-state index in [1.807, 2.05) is 0 Å². The van der Waals surface area contributed by atoms with Crippen LogP contribution in [0.5, 0.6) is 11.5 Å². The quantitative estimate of drug-likeness (QED) is 0.612. The lowest BCUT2D eigenvalue weighted by molar-refractivity contribution is -0.138. The van der Waals surface area contributed by atoms with Gasteiger partial charge < -0.3 is 15.9 Å². The molecule has 3 nitrogen and oxygen atoms in total. The molecule has 0 saturated carbocycles. The maximum Gasteiger partial charge on any atom is 0.420 e. The molecule has 1 aromatic carbocycles. The third kappa shape index (κ3) is 1.74. The van der Waals surface area contributed by atoms with Crippen molar-refractivity contribution in [2.75, 3.05) is 0 Å². The van der Waals surface area contributed by atoms with Gasteiger partial charge in [-0.05, 0) is 6.07 Å². The van der Waals surface area contributed by atoms with Gasteiger partial charge in [-0.25, -0.2) is 0 Å². The van der Waals surface area contributed by atoms with Crippen LogP contribution >= 0.6 is 0 Å². The minimum atomic E-state index is -4.69. The summed E-state index contributed by atoms with van der Waals surface area (Å²) >= 11 is 0. The standard InChI is InChI=1S/C8H8F3NO2/c9-8(10,11)5-2-1-4(3-12)6(13)7(5)14/h1-2,13-14H,3,12H2. The van der Waals surface area contributed by atoms with Crippen LogP contribution < -0.4 is 5.73 Å². The smallest absolute Gasteiger partial charge is 0.420 e. The molecule has 0 spiro atoms. The van der Waals surface area contributed by atoms with Crippen LogP contribution in [0.1, 0.15) is 11.1 Å². The summed E-state index contributed by atoms with van der Waals surface area (Å²) in [5, 5.41) is 18.1. The first-order valence-corrected chi connectivity index (χ1v) is 3.69. The van der Waals surface area contributed by atoms with Gasteiger partial charge in [0.2, 0.25) is 0 Å². The lowest BCUT2D eigenvalue weighted by Crippen LogP contribution is -2.06. The van der Waals surface area contributed by atoms with Crippen LogP contribution in [-0.2, 0) is 12.7 Å². The fourth-order valence-corrected chi connectivity index (χ4v) is 1.01. The van der Waals surface area contributed by atoms with Gasteiger partial charge >= 0.3 is 6.18 Å². The summed E-state index contributed by atoms with van der Waals surface area (Å²) in [5.41, 5.74) is 3.92. The zero-order valence-electron chi connectivity index (χ0n) is 6.97. The average molecular weight is 207 g/mol. The number of phenolic OH excluding ortho intramolecular Hbond substituents is 2. The molecule has 0 fully saturated rings. The monoisotopic (exact) mass is 207 g/mol. The maximum absolute atomic E-state index is 12.2. The van der Waals surface area contributed by atoms with Crippen molar-refractivity contribution in [3.63, 3.8) is 0 Å². The third-order valence-electron chi connectivity index (χ3n) is 1.76. The van der Waals surface area contributed by atoms with E-state index in [4.69, 9.17) is 15.9 Å². The molecular formula is C8H8F3NO2. The van der Waals surface area contributed by atoms with Gasteiger partial charge in [-0.3, -0.25) is 0 Å². The summed E-state index contributed by atoms with van der Waals surface area (Å²) in [6.07, 6.45) is -4.69. The maximum atomic E-state index is 12.2. The number of phenols is 2. The number of nitrogens with two attached hydrogens (primary N) is 1. The molecule has 0 amide bonds. The SMILES string of the molecule is NCc1ccc(C(F)(F)F)c(O)c1O. The lowest BCUT2D eigenvalue weighted by atomic mass is 10.1. The first-order valence-electron chi connectivity index (χ1n) is 3.69. The van der Waals surface area contributed by atoms with Crippen molar-refractivity contribution in [3.05, 3.63) is 23.3 Å². The summed E-state index contributed by atoms with van der Waals surface area (Å²) in [7, 11) is 0. The fourth-order valence-electron chi connectivity index (χ4n) is 1.01. The van der Waals surface area contributed by atoms with Gasteiger partial charge in [-0.1, -0.05) is 6.07 Å². The Morgan fingerprint density at radius 2 is 1.71 bits per heavy atom. The summed E-state index contributed by atoms with van der Waals surface area (Å²) in [6.45, 7) is -0.141. The van der Waals surface area contributed by atoms with Gasteiger partial charge in [0.05, 0.1) is 0 Å². The highest BCUT2D eigenvalue weighted by Gasteiger charge is 2.35. The molecule has 78 valence electrons. The molecule has 0 radical (unpaired) electrons. The predicted octanol–water partition coefficient (Wildman–Crippen LogP) is 1.58. The van der Waals surface area contributed by atoms with E-state index < -0.39 is 23.2 Å². The topological polar surface area (TPSA) is 66.5 Å². The minimum Gasteiger partial charge on any atom is -0.504 e. The molecular weight excluding hydrogens is 199 g/mol. The molecule has 0 atom stereocenters. The van der Waals surface area contributed by atoms with Gasteiger partial charge in [0.15, 0.2) is 11.5 Å². The molecule has 0 aromatic heterocycles. The Morgan fingerprint density at radius 3 is 2.14 bits per heavy atom. The molecule has 0 heterocycles. The Bertz CT molecular complexity index is 349. The summed E-state index contributed by atoms with van der Waals surface area (Å²) in [5.74, 6) is -2.00. The minimum absolute atomic E-state index is 0.0653. The van der Waals surface area contributed by atoms with E-state index in [-0.39, 0.29) is 12.1 Å². The molecule has 14 heavy (non-hydrogen) atoms. The Morgan fingerprint density at radius 1 is 1.14 bits per heavy atom. The molecule has 1 rings (SSSR count). The summed E-state index contributed by atoms with van der Waals surface area (Å²) < 4.78 is 36.5. The van der Waals surface area contributed by atoms with E-state index in [1.165, 1.54) is 0 Å². The fraction of sp³-hybridized carbons (Fsp3) is 0.250. The van der Waals surface area contributed by atoms with E-state index in [0.717, 1.165) is 6.07 Å². The number of halogens is 3. The van der Waals surface area contributed by atoms with Crippen molar-refractivity contribution in [1.29, 1.82) is 0 Å². The molecule has 1 aromatic rings. The number of hydrogen-bond acceptors (Lipinski definition) is 3. The van der Waals surface area contributed by atoms with Gasteiger partial charge in [0.25, 0.3) is 0 Å².